The van der Waals surface area contributed by atoms with Crippen molar-refractivity contribution in [1.29, 1.82) is 0 Å². The molecule has 0 bridgehead atoms. The second-order valence-electron chi connectivity index (χ2n) is 7.86. The summed E-state index contributed by atoms with van der Waals surface area (Å²) >= 11 is 0. The second kappa shape index (κ2) is 10.7. The normalized spacial score (nSPS) is 11.2. The van der Waals surface area contributed by atoms with E-state index in [1.54, 1.807) is 44.6 Å². The van der Waals surface area contributed by atoms with Crippen molar-refractivity contribution in [2.75, 3.05) is 39.0 Å². The number of carbonyl (C=O) groups is 3. The maximum absolute atomic E-state index is 12.2. The van der Waals surface area contributed by atoms with Crippen LogP contribution in [-0.2, 0) is 16.6 Å². The molecule has 0 saturated heterocycles. The van der Waals surface area contributed by atoms with Crippen LogP contribution in [0.4, 0.5) is 10.5 Å². The zero-order valence-corrected chi connectivity index (χ0v) is 17.7. The molecule has 0 aliphatic carbocycles. The molecular weight excluding hydrogens is 362 g/mol. The minimum atomic E-state index is -0.550. The molecule has 0 saturated carbocycles. The highest BCUT2D eigenvalue weighted by Crippen LogP contribution is 2.13. The van der Waals surface area contributed by atoms with Crippen LogP contribution in [0.5, 0.6) is 0 Å². The predicted molar refractivity (Wildman–Crippen MR) is 108 cm³/mol. The maximum atomic E-state index is 12.2. The summed E-state index contributed by atoms with van der Waals surface area (Å²) in [5.41, 5.74) is 0.483. The molecule has 0 unspecified atom stereocenters. The molecule has 9 nitrogen and oxygen atoms in total. The third kappa shape index (κ3) is 9.40. The number of hydrogen-bond donors (Lipinski definition) is 3. The molecule has 3 N–H and O–H groups in total. The molecule has 0 spiro atoms. The van der Waals surface area contributed by atoms with Crippen molar-refractivity contribution < 1.29 is 19.1 Å². The van der Waals surface area contributed by atoms with Crippen molar-refractivity contribution in [1.82, 2.24) is 20.1 Å². The first-order valence-corrected chi connectivity index (χ1v) is 9.34. The van der Waals surface area contributed by atoms with E-state index in [1.807, 2.05) is 19.0 Å². The third-order valence-electron chi connectivity index (χ3n) is 3.61. The van der Waals surface area contributed by atoms with E-state index >= 15 is 0 Å². The number of amides is 3. The Morgan fingerprint density at radius 2 is 1.82 bits per heavy atom. The Bertz CT molecular complexity index is 676. The van der Waals surface area contributed by atoms with E-state index in [2.05, 4.69) is 16.0 Å². The van der Waals surface area contributed by atoms with Gasteiger partial charge < -0.3 is 30.2 Å². The number of ether oxygens (including phenoxy) is 1. The molecule has 0 aliphatic rings. The van der Waals surface area contributed by atoms with Gasteiger partial charge in [0.1, 0.15) is 11.3 Å². The van der Waals surface area contributed by atoms with Crippen molar-refractivity contribution in [3.8, 4) is 0 Å². The van der Waals surface area contributed by atoms with Crippen LogP contribution in [0.3, 0.4) is 0 Å². The van der Waals surface area contributed by atoms with Crippen molar-refractivity contribution in [3.05, 3.63) is 18.0 Å². The van der Waals surface area contributed by atoms with E-state index in [0.717, 1.165) is 6.54 Å². The molecule has 1 heterocycles. The lowest BCUT2D eigenvalue weighted by molar-refractivity contribution is -0.116. The van der Waals surface area contributed by atoms with Crippen LogP contribution < -0.4 is 16.0 Å². The summed E-state index contributed by atoms with van der Waals surface area (Å²) in [7, 11) is 5.62. The van der Waals surface area contributed by atoms with Gasteiger partial charge in [-0.1, -0.05) is 0 Å². The minimum Gasteiger partial charge on any atom is -0.444 e. The average Bonchev–Trinajstić information content (AvgIpc) is 2.90. The summed E-state index contributed by atoms with van der Waals surface area (Å²) in [6, 6.07) is 1.64. The van der Waals surface area contributed by atoms with Crippen molar-refractivity contribution in [2.45, 2.75) is 39.2 Å². The van der Waals surface area contributed by atoms with Gasteiger partial charge in [-0.15, -0.1) is 0 Å². The fourth-order valence-electron chi connectivity index (χ4n) is 2.32. The molecule has 0 fully saturated rings. The SMILES string of the molecule is CN(C)CCNC(=O)c1cc(NC(=O)CCCNC(=O)OC(C)(C)C)cn1C. The molecule has 1 aromatic rings. The summed E-state index contributed by atoms with van der Waals surface area (Å²) in [6.45, 7) is 7.00. The Morgan fingerprint density at radius 1 is 1.14 bits per heavy atom. The highest BCUT2D eigenvalue weighted by molar-refractivity contribution is 5.96. The van der Waals surface area contributed by atoms with E-state index in [0.29, 0.717) is 30.9 Å². The van der Waals surface area contributed by atoms with Gasteiger partial charge in [-0.2, -0.15) is 0 Å². The van der Waals surface area contributed by atoms with Crippen LogP contribution >= 0.6 is 0 Å². The van der Waals surface area contributed by atoms with Gasteiger partial charge in [-0.25, -0.2) is 4.79 Å². The van der Waals surface area contributed by atoms with Crippen molar-refractivity contribution >= 4 is 23.6 Å². The molecule has 0 atom stereocenters. The lowest BCUT2D eigenvalue weighted by atomic mass is 10.2. The molecule has 0 aromatic carbocycles. The van der Waals surface area contributed by atoms with E-state index in [1.165, 1.54) is 0 Å². The zero-order valence-electron chi connectivity index (χ0n) is 17.7. The molecular formula is C19H33N5O4. The molecule has 0 radical (unpaired) electrons. The predicted octanol–water partition coefficient (Wildman–Crippen LogP) is 1.56. The molecule has 158 valence electrons. The number of anilines is 1. The number of aryl methyl sites for hydroxylation is 1. The fourth-order valence-corrected chi connectivity index (χ4v) is 2.32. The highest BCUT2D eigenvalue weighted by atomic mass is 16.6. The summed E-state index contributed by atoms with van der Waals surface area (Å²) < 4.78 is 6.80. The molecule has 1 aromatic heterocycles. The van der Waals surface area contributed by atoms with Crippen LogP contribution in [0, 0.1) is 0 Å². The largest absolute Gasteiger partial charge is 0.444 e. The van der Waals surface area contributed by atoms with Gasteiger partial charge in [0.25, 0.3) is 5.91 Å². The Hall–Kier alpha value is -2.55. The first-order valence-electron chi connectivity index (χ1n) is 9.34. The lowest BCUT2D eigenvalue weighted by Gasteiger charge is -2.19. The number of nitrogens with one attached hydrogen (secondary N) is 3. The van der Waals surface area contributed by atoms with Gasteiger partial charge in [0.05, 0.1) is 5.69 Å². The van der Waals surface area contributed by atoms with E-state index < -0.39 is 11.7 Å². The molecule has 1 rings (SSSR count). The first-order chi connectivity index (χ1) is 13.0. The minimum absolute atomic E-state index is 0.184. The summed E-state index contributed by atoms with van der Waals surface area (Å²) in [6.07, 6.45) is 1.92. The Balaban J connectivity index is 2.38. The van der Waals surface area contributed by atoms with Gasteiger partial charge in [-0.3, -0.25) is 9.59 Å². The second-order valence-corrected chi connectivity index (χ2v) is 7.86. The summed E-state index contributed by atoms with van der Waals surface area (Å²) in [5, 5.41) is 8.22. The summed E-state index contributed by atoms with van der Waals surface area (Å²) in [4.78, 5) is 37.8. The molecule has 0 aliphatic heterocycles. The van der Waals surface area contributed by atoms with Gasteiger partial charge in [0, 0.05) is 39.3 Å². The smallest absolute Gasteiger partial charge is 0.407 e. The number of nitrogens with zero attached hydrogens (tertiary/aromatic N) is 2. The fraction of sp³-hybridized carbons (Fsp3) is 0.632. The van der Waals surface area contributed by atoms with Gasteiger partial charge >= 0.3 is 6.09 Å². The van der Waals surface area contributed by atoms with Gasteiger partial charge in [0.2, 0.25) is 5.91 Å². The third-order valence-corrected chi connectivity index (χ3v) is 3.61. The molecule has 9 heteroatoms. The summed E-state index contributed by atoms with van der Waals surface area (Å²) in [5.74, 6) is -0.373. The quantitative estimate of drug-likeness (QED) is 0.551. The van der Waals surface area contributed by atoms with Crippen LogP contribution in [0.15, 0.2) is 12.3 Å². The highest BCUT2D eigenvalue weighted by Gasteiger charge is 2.16. The van der Waals surface area contributed by atoms with Gasteiger partial charge in [0.15, 0.2) is 0 Å². The number of alkyl carbamates (subject to hydrolysis) is 1. The average molecular weight is 396 g/mol. The topological polar surface area (TPSA) is 105 Å². The number of carbonyl (C=O) groups excluding carboxylic acids is 3. The first kappa shape index (κ1) is 23.5. The maximum Gasteiger partial charge on any atom is 0.407 e. The monoisotopic (exact) mass is 395 g/mol. The van der Waals surface area contributed by atoms with E-state index in [-0.39, 0.29) is 18.2 Å². The number of rotatable bonds is 9. The van der Waals surface area contributed by atoms with Crippen LogP contribution in [-0.4, -0.2) is 66.7 Å². The van der Waals surface area contributed by atoms with Crippen molar-refractivity contribution in [2.24, 2.45) is 7.05 Å². The van der Waals surface area contributed by atoms with Gasteiger partial charge in [-0.05, 0) is 47.4 Å². The molecule has 28 heavy (non-hydrogen) atoms. The Morgan fingerprint density at radius 3 is 2.43 bits per heavy atom. The Kier molecular flexibility index (Phi) is 8.98. The van der Waals surface area contributed by atoms with E-state index in [4.69, 9.17) is 4.74 Å². The van der Waals surface area contributed by atoms with E-state index in [9.17, 15) is 14.4 Å². The standard InChI is InChI=1S/C19H33N5O4/c1-19(2,3)28-18(27)21-9-7-8-16(25)22-14-12-15(24(6)13-14)17(26)20-10-11-23(4)5/h12-13H,7-11H2,1-6H3,(H,20,26)(H,21,27)(H,22,25). The van der Waals surface area contributed by atoms with Crippen LogP contribution in [0.25, 0.3) is 0 Å². The zero-order chi connectivity index (χ0) is 21.3. The van der Waals surface area contributed by atoms with Crippen LogP contribution in [0.2, 0.25) is 0 Å². The lowest BCUT2D eigenvalue weighted by Crippen LogP contribution is -2.33. The molecule has 3 amide bonds. The number of aromatic nitrogens is 1. The van der Waals surface area contributed by atoms with Crippen molar-refractivity contribution in [3.63, 3.8) is 0 Å². The van der Waals surface area contributed by atoms with Crippen LogP contribution in [0.1, 0.15) is 44.1 Å². The number of likely N-dealkylation sites (N-methyl/N-ethyl adjacent to an activating group) is 1. The Labute approximate surface area is 166 Å². The number of hydrogen-bond acceptors (Lipinski definition) is 5.